The molecule has 0 aliphatic carbocycles. The summed E-state index contributed by atoms with van der Waals surface area (Å²) >= 11 is 5.76. The van der Waals surface area contributed by atoms with Crippen molar-refractivity contribution in [1.29, 1.82) is 0 Å². The third-order valence-corrected chi connectivity index (χ3v) is 2.46. The molecule has 1 atom stereocenters. The van der Waals surface area contributed by atoms with E-state index in [0.717, 1.165) is 0 Å². The van der Waals surface area contributed by atoms with Gasteiger partial charge in [-0.3, -0.25) is 0 Å². The van der Waals surface area contributed by atoms with E-state index in [2.05, 4.69) is 0 Å². The highest BCUT2D eigenvalue weighted by Gasteiger charge is 2.20. The molecule has 0 bridgehead atoms. The molecule has 0 fully saturated rings. The minimum atomic E-state index is -0.833. The highest BCUT2D eigenvalue weighted by Crippen LogP contribution is 2.16. The predicted octanol–water partition coefficient (Wildman–Crippen LogP) is 2.48. The molecular formula is C13H19ClO4. The Hall–Kier alpha value is -0.810. The number of hydrogen-bond donors (Lipinski definition) is 1. The van der Waals surface area contributed by atoms with Crippen LogP contribution in [0.4, 0.5) is 0 Å². The summed E-state index contributed by atoms with van der Waals surface area (Å²) in [6, 6.07) is 6.94. The van der Waals surface area contributed by atoms with E-state index in [1.165, 1.54) is 0 Å². The lowest BCUT2D eigenvalue weighted by Gasteiger charge is -2.22. The average Bonchev–Trinajstić information content (AvgIpc) is 2.37. The Morgan fingerprint density at radius 2 is 1.67 bits per heavy atom. The topological polar surface area (TPSA) is 47.9 Å². The van der Waals surface area contributed by atoms with Gasteiger partial charge in [0.1, 0.15) is 18.5 Å². The third kappa shape index (κ3) is 5.23. The van der Waals surface area contributed by atoms with E-state index < -0.39 is 12.4 Å². The fraction of sp³-hybridized carbons (Fsp3) is 0.538. The molecule has 102 valence electrons. The van der Waals surface area contributed by atoms with E-state index >= 15 is 0 Å². The molecule has 1 aromatic carbocycles. The van der Waals surface area contributed by atoms with Crippen LogP contribution in [0.5, 0.6) is 5.75 Å². The minimum absolute atomic E-state index is 0.103. The molecule has 0 heterocycles. The highest BCUT2D eigenvalue weighted by molar-refractivity contribution is 6.30. The van der Waals surface area contributed by atoms with E-state index in [1.807, 2.05) is 13.8 Å². The number of ether oxygens (including phenoxy) is 3. The van der Waals surface area contributed by atoms with Gasteiger partial charge in [-0.25, -0.2) is 0 Å². The summed E-state index contributed by atoms with van der Waals surface area (Å²) in [5.74, 6) is 0.644. The molecule has 0 aliphatic rings. The number of hydrogen-bond acceptors (Lipinski definition) is 4. The van der Waals surface area contributed by atoms with Crippen LogP contribution in [-0.4, -0.2) is 37.3 Å². The summed E-state index contributed by atoms with van der Waals surface area (Å²) in [7, 11) is 0. The summed E-state index contributed by atoms with van der Waals surface area (Å²) in [6.45, 7) is 4.75. The Kier molecular flexibility index (Phi) is 7.05. The zero-order valence-corrected chi connectivity index (χ0v) is 11.4. The highest BCUT2D eigenvalue weighted by atomic mass is 35.5. The Morgan fingerprint density at radius 3 is 2.17 bits per heavy atom. The van der Waals surface area contributed by atoms with E-state index in [1.54, 1.807) is 24.3 Å². The summed E-state index contributed by atoms with van der Waals surface area (Å²) < 4.78 is 16.0. The maximum Gasteiger partial charge on any atom is 0.186 e. The second-order valence-electron chi connectivity index (χ2n) is 3.61. The van der Waals surface area contributed by atoms with Crippen LogP contribution >= 0.6 is 11.6 Å². The second kappa shape index (κ2) is 8.32. The summed E-state index contributed by atoms with van der Waals surface area (Å²) in [6.07, 6.45) is -1.49. The van der Waals surface area contributed by atoms with Crippen LogP contribution in [0.15, 0.2) is 24.3 Å². The SMILES string of the molecule is CCOC(OCC)C(O)COc1ccc(Cl)cc1. The fourth-order valence-electron chi connectivity index (χ4n) is 1.39. The van der Waals surface area contributed by atoms with Crippen LogP contribution < -0.4 is 4.74 Å². The number of rotatable bonds is 8. The first-order valence-corrected chi connectivity index (χ1v) is 6.34. The summed E-state index contributed by atoms with van der Waals surface area (Å²) in [5.41, 5.74) is 0. The van der Waals surface area contributed by atoms with Crippen LogP contribution in [0.2, 0.25) is 5.02 Å². The van der Waals surface area contributed by atoms with E-state index in [4.69, 9.17) is 25.8 Å². The smallest absolute Gasteiger partial charge is 0.186 e. The zero-order chi connectivity index (χ0) is 13.4. The van der Waals surface area contributed by atoms with Crippen molar-refractivity contribution in [3.8, 4) is 5.75 Å². The largest absolute Gasteiger partial charge is 0.491 e. The minimum Gasteiger partial charge on any atom is -0.491 e. The van der Waals surface area contributed by atoms with Crippen LogP contribution in [0.1, 0.15) is 13.8 Å². The Bertz CT molecular complexity index is 322. The van der Waals surface area contributed by atoms with Crippen molar-refractivity contribution in [2.24, 2.45) is 0 Å². The lowest BCUT2D eigenvalue weighted by Crippen LogP contribution is -2.36. The standard InChI is InChI=1S/C13H19ClO4/c1-3-16-13(17-4-2)12(15)9-18-11-7-5-10(14)6-8-11/h5-8,12-13,15H,3-4,9H2,1-2H3. The molecule has 0 saturated heterocycles. The van der Waals surface area contributed by atoms with Crippen molar-refractivity contribution in [2.75, 3.05) is 19.8 Å². The van der Waals surface area contributed by atoms with Crippen LogP contribution in [-0.2, 0) is 9.47 Å². The molecule has 0 aliphatic heterocycles. The third-order valence-electron chi connectivity index (χ3n) is 2.21. The van der Waals surface area contributed by atoms with Gasteiger partial charge in [-0.05, 0) is 38.1 Å². The molecule has 0 spiro atoms. The quantitative estimate of drug-likeness (QED) is 0.740. The van der Waals surface area contributed by atoms with Crippen molar-refractivity contribution >= 4 is 11.6 Å². The summed E-state index contributed by atoms with van der Waals surface area (Å²) in [4.78, 5) is 0. The first-order chi connectivity index (χ1) is 8.67. The van der Waals surface area contributed by atoms with Crippen LogP contribution in [0.25, 0.3) is 0 Å². The van der Waals surface area contributed by atoms with Gasteiger partial charge in [0.2, 0.25) is 0 Å². The zero-order valence-electron chi connectivity index (χ0n) is 10.6. The lowest BCUT2D eigenvalue weighted by molar-refractivity contribution is -0.195. The van der Waals surface area contributed by atoms with Gasteiger partial charge in [0, 0.05) is 18.2 Å². The van der Waals surface area contributed by atoms with Gasteiger partial charge in [-0.15, -0.1) is 0 Å². The molecule has 5 heteroatoms. The Labute approximate surface area is 112 Å². The maximum atomic E-state index is 9.89. The molecule has 0 amide bonds. The van der Waals surface area contributed by atoms with Crippen LogP contribution in [0.3, 0.4) is 0 Å². The van der Waals surface area contributed by atoms with Crippen molar-refractivity contribution < 1.29 is 19.3 Å². The first-order valence-electron chi connectivity index (χ1n) is 5.97. The molecule has 1 unspecified atom stereocenters. The molecule has 18 heavy (non-hydrogen) atoms. The lowest BCUT2D eigenvalue weighted by atomic mass is 10.3. The molecular weight excluding hydrogens is 256 g/mol. The number of aliphatic hydroxyl groups excluding tert-OH is 1. The first kappa shape index (κ1) is 15.2. The van der Waals surface area contributed by atoms with Gasteiger partial charge in [-0.1, -0.05) is 11.6 Å². The molecule has 4 nitrogen and oxygen atoms in total. The Morgan fingerprint density at radius 1 is 1.11 bits per heavy atom. The molecule has 0 aromatic heterocycles. The number of aliphatic hydroxyl groups is 1. The monoisotopic (exact) mass is 274 g/mol. The van der Waals surface area contributed by atoms with Gasteiger partial charge < -0.3 is 19.3 Å². The molecule has 1 aromatic rings. The molecule has 1 rings (SSSR count). The average molecular weight is 275 g/mol. The van der Waals surface area contributed by atoms with Crippen molar-refractivity contribution in [1.82, 2.24) is 0 Å². The second-order valence-corrected chi connectivity index (χ2v) is 4.05. The van der Waals surface area contributed by atoms with Crippen LogP contribution in [0, 0.1) is 0 Å². The number of halogens is 1. The van der Waals surface area contributed by atoms with E-state index in [-0.39, 0.29) is 6.61 Å². The fourth-order valence-corrected chi connectivity index (χ4v) is 1.52. The van der Waals surface area contributed by atoms with Gasteiger partial charge in [0.15, 0.2) is 6.29 Å². The predicted molar refractivity (Wildman–Crippen MR) is 70.0 cm³/mol. The summed E-state index contributed by atoms with van der Waals surface area (Å²) in [5, 5.41) is 10.5. The van der Waals surface area contributed by atoms with E-state index in [0.29, 0.717) is 24.0 Å². The maximum absolute atomic E-state index is 9.89. The molecule has 0 radical (unpaired) electrons. The Balaban J connectivity index is 2.42. The van der Waals surface area contributed by atoms with Gasteiger partial charge >= 0.3 is 0 Å². The van der Waals surface area contributed by atoms with Crippen molar-refractivity contribution in [3.63, 3.8) is 0 Å². The van der Waals surface area contributed by atoms with Crippen molar-refractivity contribution in [3.05, 3.63) is 29.3 Å². The van der Waals surface area contributed by atoms with Gasteiger partial charge in [0.25, 0.3) is 0 Å². The molecule has 0 saturated carbocycles. The normalized spacial score (nSPS) is 12.7. The molecule has 1 N–H and O–H groups in total. The van der Waals surface area contributed by atoms with Gasteiger partial charge in [-0.2, -0.15) is 0 Å². The van der Waals surface area contributed by atoms with Crippen molar-refractivity contribution in [2.45, 2.75) is 26.2 Å². The van der Waals surface area contributed by atoms with Gasteiger partial charge in [0.05, 0.1) is 0 Å². The van der Waals surface area contributed by atoms with E-state index in [9.17, 15) is 5.11 Å². The number of benzene rings is 1.